The maximum absolute atomic E-state index is 2.26. The summed E-state index contributed by atoms with van der Waals surface area (Å²) in [4.78, 5) is 2.26. The van der Waals surface area contributed by atoms with Crippen LogP contribution in [0.25, 0.3) is 0 Å². The molecular formula is C19H17N+. The molecule has 3 aromatic carbocycles. The summed E-state index contributed by atoms with van der Waals surface area (Å²) in [5.41, 5.74) is 4.79. The second kappa shape index (κ2) is 5.72. The van der Waals surface area contributed by atoms with Crippen LogP contribution in [0.4, 0.5) is 17.1 Å². The van der Waals surface area contributed by atoms with E-state index in [1.165, 1.54) is 22.6 Å². The van der Waals surface area contributed by atoms with Gasteiger partial charge in [0.2, 0.25) is 0 Å². The lowest BCUT2D eigenvalue weighted by Gasteiger charge is -2.10. The topological polar surface area (TPSA) is 5.90 Å². The van der Waals surface area contributed by atoms with E-state index in [-0.39, 0.29) is 0 Å². The zero-order valence-electron chi connectivity index (χ0n) is 11.5. The van der Waals surface area contributed by atoms with E-state index in [0.29, 0.717) is 0 Å². The molecule has 1 heteroatoms. The second-order valence-electron chi connectivity index (χ2n) is 4.84. The van der Waals surface area contributed by atoms with E-state index < -0.39 is 0 Å². The molecule has 0 heterocycles. The van der Waals surface area contributed by atoms with E-state index in [4.69, 9.17) is 0 Å². The molecule has 0 aliphatic carbocycles. The molecule has 0 unspecified atom stereocenters. The SMILES string of the molecule is Cc1ccc([N+](c2ccccc2)c2ccccc2)cc1. The third-order valence-corrected chi connectivity index (χ3v) is 3.32. The van der Waals surface area contributed by atoms with Gasteiger partial charge in [0.1, 0.15) is 0 Å². The minimum absolute atomic E-state index is 1.17. The molecule has 0 aliphatic heterocycles. The number of para-hydroxylation sites is 2. The summed E-state index contributed by atoms with van der Waals surface area (Å²) in [6, 6.07) is 29.5. The maximum atomic E-state index is 2.26. The summed E-state index contributed by atoms with van der Waals surface area (Å²) in [5.74, 6) is 0. The molecule has 0 aromatic heterocycles. The number of anilines is 3. The highest BCUT2D eigenvalue weighted by molar-refractivity contribution is 5.64. The molecule has 0 amide bonds. The van der Waals surface area contributed by atoms with Gasteiger partial charge in [-0.2, -0.15) is 0 Å². The van der Waals surface area contributed by atoms with Gasteiger partial charge in [-0.05, 0) is 6.92 Å². The lowest BCUT2D eigenvalue weighted by atomic mass is 10.1. The molecule has 3 rings (SSSR count). The van der Waals surface area contributed by atoms with Crippen molar-refractivity contribution in [3.63, 3.8) is 0 Å². The maximum Gasteiger partial charge on any atom is 0.192 e. The van der Waals surface area contributed by atoms with Crippen LogP contribution >= 0.6 is 0 Å². The van der Waals surface area contributed by atoms with Crippen molar-refractivity contribution in [3.8, 4) is 0 Å². The lowest BCUT2D eigenvalue weighted by molar-refractivity contribution is 0.930. The molecule has 1 nitrogen and oxygen atoms in total. The zero-order chi connectivity index (χ0) is 13.8. The van der Waals surface area contributed by atoms with Crippen LogP contribution in [0.15, 0.2) is 84.9 Å². The van der Waals surface area contributed by atoms with Crippen LogP contribution in [0.3, 0.4) is 0 Å². The lowest BCUT2D eigenvalue weighted by Crippen LogP contribution is -2.10. The van der Waals surface area contributed by atoms with Crippen LogP contribution in [0.1, 0.15) is 5.56 Å². The van der Waals surface area contributed by atoms with Crippen molar-refractivity contribution in [1.82, 2.24) is 4.90 Å². The zero-order valence-corrected chi connectivity index (χ0v) is 11.5. The Morgan fingerprint density at radius 2 is 0.900 bits per heavy atom. The van der Waals surface area contributed by atoms with Gasteiger partial charge in [-0.1, -0.05) is 59.0 Å². The van der Waals surface area contributed by atoms with Crippen LogP contribution in [-0.4, -0.2) is 0 Å². The van der Waals surface area contributed by atoms with E-state index in [0.717, 1.165) is 0 Å². The first-order valence-corrected chi connectivity index (χ1v) is 6.81. The largest absolute Gasteiger partial charge is 0.192 e. The number of hydrogen-bond donors (Lipinski definition) is 0. The van der Waals surface area contributed by atoms with E-state index in [1.54, 1.807) is 0 Å². The summed E-state index contributed by atoms with van der Waals surface area (Å²) < 4.78 is 0. The van der Waals surface area contributed by atoms with Gasteiger partial charge < -0.3 is 0 Å². The van der Waals surface area contributed by atoms with Crippen molar-refractivity contribution in [2.45, 2.75) is 6.92 Å². The molecule has 0 fully saturated rings. The average Bonchev–Trinajstić information content (AvgIpc) is 2.52. The third kappa shape index (κ3) is 2.63. The van der Waals surface area contributed by atoms with Crippen molar-refractivity contribution in [2.75, 3.05) is 0 Å². The summed E-state index contributed by atoms with van der Waals surface area (Å²) in [6.45, 7) is 2.11. The van der Waals surface area contributed by atoms with Gasteiger partial charge in [-0.25, -0.2) is 0 Å². The standard InChI is InChI=1S/C19H17N/c1-16-12-14-19(15-13-16)20(17-8-4-2-5-9-17)18-10-6-3-7-11-18/h2-15H,1H3/q+1. The van der Waals surface area contributed by atoms with Gasteiger partial charge in [0.05, 0.1) is 0 Å². The molecule has 20 heavy (non-hydrogen) atoms. The van der Waals surface area contributed by atoms with Crippen LogP contribution in [0.2, 0.25) is 0 Å². The Balaban J connectivity index is 2.11. The molecule has 0 aliphatic rings. The predicted octanol–water partition coefficient (Wildman–Crippen LogP) is 5.43. The summed E-state index contributed by atoms with van der Waals surface area (Å²) >= 11 is 0. The van der Waals surface area contributed by atoms with Crippen LogP contribution in [-0.2, 0) is 0 Å². The minimum Gasteiger partial charge on any atom is -0.0618 e. The molecule has 3 aromatic rings. The first-order chi connectivity index (χ1) is 9.84. The molecule has 0 saturated heterocycles. The number of nitrogens with zero attached hydrogens (tertiary/aromatic N) is 1. The highest BCUT2D eigenvalue weighted by Gasteiger charge is 2.24. The van der Waals surface area contributed by atoms with Crippen molar-refractivity contribution < 1.29 is 0 Å². The number of aryl methyl sites for hydroxylation is 1. The third-order valence-electron chi connectivity index (χ3n) is 3.32. The van der Waals surface area contributed by atoms with E-state index >= 15 is 0 Å². The highest BCUT2D eigenvalue weighted by atomic mass is 15.1. The Morgan fingerprint density at radius 3 is 1.35 bits per heavy atom. The van der Waals surface area contributed by atoms with E-state index in [1.807, 2.05) is 12.1 Å². The van der Waals surface area contributed by atoms with Gasteiger partial charge >= 0.3 is 0 Å². The Morgan fingerprint density at radius 1 is 0.500 bits per heavy atom. The van der Waals surface area contributed by atoms with Crippen molar-refractivity contribution in [1.29, 1.82) is 0 Å². The van der Waals surface area contributed by atoms with Crippen LogP contribution < -0.4 is 4.90 Å². The fraction of sp³-hybridized carbons (Fsp3) is 0.0526. The number of benzene rings is 3. The summed E-state index contributed by atoms with van der Waals surface area (Å²) in [7, 11) is 0. The quantitative estimate of drug-likeness (QED) is 0.553. The Labute approximate surface area is 120 Å². The number of rotatable bonds is 3. The van der Waals surface area contributed by atoms with Gasteiger partial charge in [0, 0.05) is 36.4 Å². The fourth-order valence-corrected chi connectivity index (χ4v) is 2.30. The Kier molecular flexibility index (Phi) is 3.62. The van der Waals surface area contributed by atoms with Crippen molar-refractivity contribution >= 4 is 17.1 Å². The normalized spacial score (nSPS) is 10.7. The highest BCUT2D eigenvalue weighted by Crippen LogP contribution is 2.33. The number of hydrogen-bond acceptors (Lipinski definition) is 1. The van der Waals surface area contributed by atoms with Gasteiger partial charge in [0.15, 0.2) is 17.1 Å². The molecule has 1 radical (unpaired) electrons. The molecule has 0 spiro atoms. The fourth-order valence-electron chi connectivity index (χ4n) is 2.30. The molecule has 0 bridgehead atoms. The predicted molar refractivity (Wildman–Crippen MR) is 85.2 cm³/mol. The van der Waals surface area contributed by atoms with Gasteiger partial charge in [-0.3, -0.25) is 0 Å². The minimum atomic E-state index is 1.17. The van der Waals surface area contributed by atoms with E-state index in [9.17, 15) is 0 Å². The Hall–Kier alpha value is -2.38. The second-order valence-corrected chi connectivity index (χ2v) is 4.84. The first-order valence-electron chi connectivity index (χ1n) is 6.81. The smallest absolute Gasteiger partial charge is 0.0618 e. The monoisotopic (exact) mass is 259 g/mol. The molecule has 0 atom stereocenters. The summed E-state index contributed by atoms with van der Waals surface area (Å²) in [5, 5.41) is 0. The van der Waals surface area contributed by atoms with Crippen LogP contribution in [0, 0.1) is 6.92 Å². The molecular weight excluding hydrogens is 242 g/mol. The first kappa shape index (κ1) is 12.6. The molecule has 97 valence electrons. The summed E-state index contributed by atoms with van der Waals surface area (Å²) in [6.07, 6.45) is 0. The van der Waals surface area contributed by atoms with E-state index in [2.05, 4.69) is 84.6 Å². The van der Waals surface area contributed by atoms with Gasteiger partial charge in [-0.15, -0.1) is 0 Å². The Bertz CT molecular complexity index is 618. The molecule has 0 saturated carbocycles. The van der Waals surface area contributed by atoms with Crippen molar-refractivity contribution in [2.24, 2.45) is 0 Å². The average molecular weight is 259 g/mol. The van der Waals surface area contributed by atoms with Gasteiger partial charge in [0.25, 0.3) is 0 Å². The molecule has 0 N–H and O–H groups in total. The van der Waals surface area contributed by atoms with Crippen LogP contribution in [0.5, 0.6) is 0 Å². The van der Waals surface area contributed by atoms with Crippen molar-refractivity contribution in [3.05, 3.63) is 90.5 Å².